The fourth-order valence-corrected chi connectivity index (χ4v) is 2.60. The molecule has 0 aliphatic heterocycles. The Labute approximate surface area is 102 Å². The van der Waals surface area contributed by atoms with E-state index >= 15 is 0 Å². The van der Waals surface area contributed by atoms with Gasteiger partial charge < -0.3 is 5.11 Å². The van der Waals surface area contributed by atoms with Gasteiger partial charge in [0.2, 0.25) is 0 Å². The molecule has 1 N–H and O–H groups in total. The van der Waals surface area contributed by atoms with Crippen LogP contribution in [0.1, 0.15) is 31.2 Å². The summed E-state index contributed by atoms with van der Waals surface area (Å²) in [5, 5.41) is 9.16. The number of hydrogen-bond donors (Lipinski definition) is 1. The number of halogens is 3. The lowest BCUT2D eigenvalue weighted by molar-refractivity contribution is -0.182. The molecule has 0 bridgehead atoms. The highest BCUT2D eigenvalue weighted by Gasteiger charge is 2.61. The molecule has 1 aliphatic rings. The Morgan fingerprint density at radius 3 is 2.39 bits per heavy atom. The number of carboxylic acid groups (broad SMARTS) is 1. The summed E-state index contributed by atoms with van der Waals surface area (Å²) in [5.74, 6) is -5.85. The summed E-state index contributed by atoms with van der Waals surface area (Å²) in [6.45, 7) is 0. The molecule has 0 atom stereocenters. The standard InChI is InChI=1S/C13H13F3O2/c14-10-5-3-4-9(8-10)13(15,16)12(11(17)18)6-1-2-7-12/h3-5,8H,1-2,6-7H2,(H,17,18). The minimum Gasteiger partial charge on any atom is -0.481 e. The van der Waals surface area contributed by atoms with E-state index in [9.17, 15) is 18.0 Å². The molecule has 1 saturated carbocycles. The predicted octanol–water partition coefficient (Wildman–Crippen LogP) is 3.56. The highest BCUT2D eigenvalue weighted by Crippen LogP contribution is 2.54. The zero-order chi connectivity index (χ0) is 13.4. The third-order valence-electron chi connectivity index (χ3n) is 3.65. The molecule has 98 valence electrons. The third kappa shape index (κ3) is 1.78. The van der Waals surface area contributed by atoms with Crippen molar-refractivity contribution in [2.75, 3.05) is 0 Å². The average molecular weight is 258 g/mol. The van der Waals surface area contributed by atoms with Gasteiger partial charge in [-0.3, -0.25) is 4.79 Å². The zero-order valence-electron chi connectivity index (χ0n) is 9.63. The molecule has 0 heterocycles. The van der Waals surface area contributed by atoms with Crippen LogP contribution >= 0.6 is 0 Å². The van der Waals surface area contributed by atoms with E-state index in [0.717, 1.165) is 12.1 Å². The number of alkyl halides is 2. The molecule has 18 heavy (non-hydrogen) atoms. The minimum absolute atomic E-state index is 0.0775. The van der Waals surface area contributed by atoms with Gasteiger partial charge in [0, 0.05) is 5.56 Å². The number of aliphatic carboxylic acids is 1. The van der Waals surface area contributed by atoms with Gasteiger partial charge in [0.15, 0.2) is 0 Å². The van der Waals surface area contributed by atoms with E-state index < -0.39 is 28.7 Å². The summed E-state index contributed by atoms with van der Waals surface area (Å²) in [5.41, 5.74) is -2.66. The Balaban J connectivity index is 2.49. The van der Waals surface area contributed by atoms with Crippen molar-refractivity contribution in [2.45, 2.75) is 31.6 Å². The van der Waals surface area contributed by atoms with Crippen LogP contribution in [0, 0.1) is 11.2 Å². The lowest BCUT2D eigenvalue weighted by Crippen LogP contribution is -2.43. The molecule has 1 aromatic carbocycles. The van der Waals surface area contributed by atoms with Gasteiger partial charge in [-0.2, -0.15) is 0 Å². The Bertz CT molecular complexity index is 465. The van der Waals surface area contributed by atoms with E-state index in [2.05, 4.69) is 0 Å². The normalized spacial score (nSPS) is 18.8. The summed E-state index contributed by atoms with van der Waals surface area (Å²) in [6.07, 6.45) is 0.756. The minimum atomic E-state index is -3.56. The lowest BCUT2D eigenvalue weighted by Gasteiger charge is -2.33. The first-order chi connectivity index (χ1) is 8.40. The lowest BCUT2D eigenvalue weighted by atomic mass is 9.76. The van der Waals surface area contributed by atoms with Gasteiger partial charge in [-0.1, -0.05) is 25.0 Å². The molecule has 0 unspecified atom stereocenters. The maximum absolute atomic E-state index is 14.4. The van der Waals surface area contributed by atoms with Crippen molar-refractivity contribution in [3.05, 3.63) is 35.6 Å². The van der Waals surface area contributed by atoms with E-state index in [1.165, 1.54) is 6.07 Å². The topological polar surface area (TPSA) is 37.3 Å². The molecule has 0 saturated heterocycles. The molecule has 0 spiro atoms. The fourth-order valence-electron chi connectivity index (χ4n) is 2.60. The van der Waals surface area contributed by atoms with Crippen molar-refractivity contribution in [1.82, 2.24) is 0 Å². The Morgan fingerprint density at radius 1 is 1.28 bits per heavy atom. The number of hydrogen-bond acceptors (Lipinski definition) is 1. The van der Waals surface area contributed by atoms with Crippen LogP contribution in [0.3, 0.4) is 0 Å². The van der Waals surface area contributed by atoms with Crippen LogP contribution in [-0.2, 0) is 10.7 Å². The summed E-state index contributed by atoms with van der Waals surface area (Å²) >= 11 is 0. The van der Waals surface area contributed by atoms with Crippen molar-refractivity contribution >= 4 is 5.97 Å². The molecular formula is C13H13F3O2. The van der Waals surface area contributed by atoms with Gasteiger partial charge in [-0.15, -0.1) is 0 Å². The number of benzene rings is 1. The molecule has 1 fully saturated rings. The highest BCUT2D eigenvalue weighted by atomic mass is 19.3. The highest BCUT2D eigenvalue weighted by molar-refractivity contribution is 5.77. The maximum Gasteiger partial charge on any atom is 0.316 e. The van der Waals surface area contributed by atoms with Crippen LogP contribution in [-0.4, -0.2) is 11.1 Å². The van der Waals surface area contributed by atoms with Crippen LogP contribution < -0.4 is 0 Å². The van der Waals surface area contributed by atoms with Gasteiger partial charge in [-0.25, -0.2) is 13.2 Å². The quantitative estimate of drug-likeness (QED) is 0.900. The molecule has 1 aliphatic carbocycles. The van der Waals surface area contributed by atoms with Crippen molar-refractivity contribution in [3.63, 3.8) is 0 Å². The summed E-state index contributed by atoms with van der Waals surface area (Å²) in [4.78, 5) is 11.3. The first kappa shape index (κ1) is 12.9. The molecule has 0 aromatic heterocycles. The fraction of sp³-hybridized carbons (Fsp3) is 0.462. The third-order valence-corrected chi connectivity index (χ3v) is 3.65. The van der Waals surface area contributed by atoms with E-state index in [1.54, 1.807) is 0 Å². The first-order valence-corrected chi connectivity index (χ1v) is 5.77. The molecule has 5 heteroatoms. The molecule has 0 amide bonds. The van der Waals surface area contributed by atoms with E-state index in [-0.39, 0.29) is 12.8 Å². The van der Waals surface area contributed by atoms with Crippen molar-refractivity contribution < 1.29 is 23.1 Å². The van der Waals surface area contributed by atoms with Gasteiger partial charge in [-0.05, 0) is 25.0 Å². The summed E-state index contributed by atoms with van der Waals surface area (Å²) in [6, 6.07) is 4.01. The van der Waals surface area contributed by atoms with E-state index in [4.69, 9.17) is 5.11 Å². The first-order valence-electron chi connectivity index (χ1n) is 5.77. The molecule has 2 nitrogen and oxygen atoms in total. The second-order valence-electron chi connectivity index (χ2n) is 4.68. The van der Waals surface area contributed by atoms with Crippen molar-refractivity contribution in [1.29, 1.82) is 0 Å². The second-order valence-corrected chi connectivity index (χ2v) is 4.68. The van der Waals surface area contributed by atoms with Crippen LogP contribution in [0.4, 0.5) is 13.2 Å². The number of rotatable bonds is 3. The van der Waals surface area contributed by atoms with Crippen LogP contribution in [0.15, 0.2) is 24.3 Å². The Morgan fingerprint density at radius 2 is 1.89 bits per heavy atom. The predicted molar refractivity (Wildman–Crippen MR) is 58.8 cm³/mol. The van der Waals surface area contributed by atoms with Crippen LogP contribution in [0.25, 0.3) is 0 Å². The molecule has 1 aromatic rings. The van der Waals surface area contributed by atoms with Crippen LogP contribution in [0.5, 0.6) is 0 Å². The largest absolute Gasteiger partial charge is 0.481 e. The van der Waals surface area contributed by atoms with Gasteiger partial charge in [0.25, 0.3) is 5.92 Å². The number of carbonyl (C=O) groups is 1. The molecular weight excluding hydrogens is 245 g/mol. The van der Waals surface area contributed by atoms with E-state index in [1.807, 2.05) is 0 Å². The van der Waals surface area contributed by atoms with Crippen molar-refractivity contribution in [2.24, 2.45) is 5.41 Å². The zero-order valence-corrected chi connectivity index (χ0v) is 9.63. The smallest absolute Gasteiger partial charge is 0.316 e. The monoisotopic (exact) mass is 258 g/mol. The van der Waals surface area contributed by atoms with Gasteiger partial charge in [0.05, 0.1) is 0 Å². The Kier molecular flexibility index (Phi) is 3.09. The summed E-state index contributed by atoms with van der Waals surface area (Å²) < 4.78 is 41.8. The maximum atomic E-state index is 14.4. The van der Waals surface area contributed by atoms with Gasteiger partial charge in [0.1, 0.15) is 11.2 Å². The number of carboxylic acids is 1. The van der Waals surface area contributed by atoms with E-state index in [0.29, 0.717) is 18.9 Å². The molecule has 2 rings (SSSR count). The SMILES string of the molecule is O=C(O)C1(C(F)(F)c2cccc(F)c2)CCCC1. The summed E-state index contributed by atoms with van der Waals surface area (Å²) in [7, 11) is 0. The second kappa shape index (κ2) is 4.30. The van der Waals surface area contributed by atoms with Gasteiger partial charge >= 0.3 is 5.97 Å². The Hall–Kier alpha value is -1.52. The molecule has 0 radical (unpaired) electrons. The average Bonchev–Trinajstić information content (AvgIpc) is 2.79. The van der Waals surface area contributed by atoms with Crippen LogP contribution in [0.2, 0.25) is 0 Å². The van der Waals surface area contributed by atoms with Crippen molar-refractivity contribution in [3.8, 4) is 0 Å².